The number of ketones is 1. The molecule has 0 amide bonds. The molecular weight excluding hydrogens is 436 g/mol. The highest BCUT2D eigenvalue weighted by atomic mass is 16.5. The minimum atomic E-state index is 0.219. The van der Waals surface area contributed by atoms with E-state index in [2.05, 4.69) is 28.1 Å². The Hall–Kier alpha value is -3.70. The van der Waals surface area contributed by atoms with E-state index in [1.807, 2.05) is 42.5 Å². The Bertz CT molecular complexity index is 1340. The monoisotopic (exact) mass is 464 g/mol. The number of hydrogen-bond donors (Lipinski definition) is 0. The van der Waals surface area contributed by atoms with E-state index in [1.54, 1.807) is 12.4 Å². The van der Waals surface area contributed by atoms with Crippen molar-refractivity contribution in [2.24, 2.45) is 0 Å². The number of pyridine rings is 1. The van der Waals surface area contributed by atoms with E-state index >= 15 is 0 Å². The molecule has 1 aliphatic carbocycles. The molecule has 5 heteroatoms. The number of nitrogens with zero attached hydrogens (tertiary/aromatic N) is 2. The number of aromatic nitrogens is 1. The molecule has 1 fully saturated rings. The number of carbonyl (C=O) groups is 1. The van der Waals surface area contributed by atoms with Crippen LogP contribution in [-0.4, -0.2) is 41.9 Å². The highest BCUT2D eigenvalue weighted by molar-refractivity contribution is 6.02. The van der Waals surface area contributed by atoms with Gasteiger partial charge in [-0.05, 0) is 92.0 Å². The molecule has 1 aliphatic heterocycles. The number of fused-ring (bicyclic) bond motifs is 1. The molecule has 1 saturated heterocycles. The normalized spacial score (nSPS) is 15.5. The van der Waals surface area contributed by atoms with Crippen molar-refractivity contribution in [1.29, 1.82) is 0 Å². The minimum Gasteiger partial charge on any atom is -0.492 e. The smallest absolute Gasteiger partial charge is 0.163 e. The zero-order chi connectivity index (χ0) is 23.6. The summed E-state index contributed by atoms with van der Waals surface area (Å²) in [6.07, 6.45) is 7.55. The summed E-state index contributed by atoms with van der Waals surface area (Å²) >= 11 is 0. The maximum Gasteiger partial charge on any atom is 0.163 e. The third-order valence-corrected chi connectivity index (χ3v) is 7.03. The molecule has 2 aromatic heterocycles. The third kappa shape index (κ3) is 4.52. The zero-order valence-corrected chi connectivity index (χ0v) is 19.7. The number of furan rings is 1. The first-order valence-corrected chi connectivity index (χ1v) is 12.4. The molecule has 2 aromatic carbocycles. The molecule has 0 unspecified atom stereocenters. The third-order valence-electron chi connectivity index (χ3n) is 7.03. The number of benzene rings is 2. The fourth-order valence-electron chi connectivity index (χ4n) is 5.08. The minimum absolute atomic E-state index is 0.219. The first kappa shape index (κ1) is 21.8. The number of Topliss-reactive ketones (excluding diaryl/α,β-unsaturated/α-hetero) is 1. The van der Waals surface area contributed by atoms with Crippen molar-refractivity contribution in [2.45, 2.75) is 25.7 Å². The molecule has 0 N–H and O–H groups in total. The van der Waals surface area contributed by atoms with Gasteiger partial charge in [0.25, 0.3) is 0 Å². The molecule has 0 bridgehead atoms. The summed E-state index contributed by atoms with van der Waals surface area (Å²) in [7, 11) is 0. The summed E-state index contributed by atoms with van der Waals surface area (Å²) in [5.74, 6) is 2.64. The fourth-order valence-corrected chi connectivity index (χ4v) is 5.08. The molecule has 35 heavy (non-hydrogen) atoms. The largest absolute Gasteiger partial charge is 0.492 e. The molecule has 0 saturated carbocycles. The van der Waals surface area contributed by atoms with E-state index in [9.17, 15) is 4.79 Å². The second-order valence-electron chi connectivity index (χ2n) is 9.31. The van der Waals surface area contributed by atoms with Crippen LogP contribution >= 0.6 is 0 Å². The topological polar surface area (TPSA) is 55.6 Å². The molecule has 0 atom stereocenters. The van der Waals surface area contributed by atoms with Crippen LogP contribution in [0.15, 0.2) is 77.5 Å². The lowest BCUT2D eigenvalue weighted by Crippen LogP contribution is -2.25. The first-order chi connectivity index (χ1) is 17.2. The Balaban J connectivity index is 1.29. The van der Waals surface area contributed by atoms with Crippen molar-refractivity contribution in [2.75, 3.05) is 26.2 Å². The van der Waals surface area contributed by atoms with Gasteiger partial charge in [0.2, 0.25) is 0 Å². The molecule has 3 heterocycles. The van der Waals surface area contributed by atoms with Crippen molar-refractivity contribution >= 4 is 5.78 Å². The van der Waals surface area contributed by atoms with Crippen LogP contribution in [0.25, 0.3) is 33.8 Å². The predicted molar refractivity (Wildman–Crippen MR) is 137 cm³/mol. The quantitative estimate of drug-likeness (QED) is 0.322. The molecule has 2 aliphatic rings. The summed E-state index contributed by atoms with van der Waals surface area (Å²) < 4.78 is 12.4. The van der Waals surface area contributed by atoms with Crippen molar-refractivity contribution in [3.05, 3.63) is 84.2 Å². The van der Waals surface area contributed by atoms with Crippen LogP contribution in [0, 0.1) is 0 Å². The Morgan fingerprint density at radius 1 is 0.829 bits per heavy atom. The van der Waals surface area contributed by atoms with E-state index < -0.39 is 0 Å². The second-order valence-corrected chi connectivity index (χ2v) is 9.31. The van der Waals surface area contributed by atoms with Gasteiger partial charge in [-0.25, -0.2) is 0 Å². The average molecular weight is 465 g/mol. The lowest BCUT2D eigenvalue weighted by molar-refractivity contribution is 0.0994. The SMILES string of the molecule is O=C1CCc2ccc(-c3cc(-c4ccc(OCCN5CCCC5)cc4)oc3-c3ccncc3)cc21. The molecule has 6 rings (SSSR count). The van der Waals surface area contributed by atoms with Gasteiger partial charge < -0.3 is 9.15 Å². The number of aryl methyl sites for hydroxylation is 1. The lowest BCUT2D eigenvalue weighted by Gasteiger charge is -2.14. The van der Waals surface area contributed by atoms with Crippen LogP contribution in [-0.2, 0) is 6.42 Å². The van der Waals surface area contributed by atoms with Crippen molar-refractivity contribution < 1.29 is 13.9 Å². The van der Waals surface area contributed by atoms with Gasteiger partial charge in [0.15, 0.2) is 5.78 Å². The van der Waals surface area contributed by atoms with Gasteiger partial charge in [0.1, 0.15) is 23.9 Å². The van der Waals surface area contributed by atoms with Crippen LogP contribution in [0.1, 0.15) is 35.2 Å². The Labute approximate surface area is 205 Å². The summed E-state index contributed by atoms with van der Waals surface area (Å²) in [5, 5.41) is 0. The second kappa shape index (κ2) is 9.51. The summed E-state index contributed by atoms with van der Waals surface area (Å²) in [6, 6.07) is 20.2. The number of hydrogen-bond acceptors (Lipinski definition) is 5. The summed E-state index contributed by atoms with van der Waals surface area (Å²) in [5.41, 5.74) is 5.86. The highest BCUT2D eigenvalue weighted by Gasteiger charge is 2.22. The first-order valence-electron chi connectivity index (χ1n) is 12.4. The van der Waals surface area contributed by atoms with Crippen LogP contribution in [0.5, 0.6) is 5.75 Å². The van der Waals surface area contributed by atoms with Gasteiger partial charge in [-0.3, -0.25) is 14.7 Å². The van der Waals surface area contributed by atoms with Crippen molar-refractivity contribution in [3.63, 3.8) is 0 Å². The Morgan fingerprint density at radius 2 is 1.60 bits per heavy atom. The Morgan fingerprint density at radius 3 is 2.40 bits per heavy atom. The van der Waals surface area contributed by atoms with E-state index in [0.29, 0.717) is 13.0 Å². The van der Waals surface area contributed by atoms with Gasteiger partial charge in [-0.15, -0.1) is 0 Å². The van der Waals surface area contributed by atoms with Gasteiger partial charge in [0.05, 0.1) is 0 Å². The number of ether oxygens (including phenoxy) is 1. The van der Waals surface area contributed by atoms with Gasteiger partial charge in [-0.2, -0.15) is 0 Å². The van der Waals surface area contributed by atoms with E-state index in [-0.39, 0.29) is 5.78 Å². The van der Waals surface area contributed by atoms with E-state index in [4.69, 9.17) is 9.15 Å². The molecule has 4 aromatic rings. The number of likely N-dealkylation sites (tertiary alicyclic amines) is 1. The van der Waals surface area contributed by atoms with Gasteiger partial charge in [0, 0.05) is 47.6 Å². The van der Waals surface area contributed by atoms with E-state index in [1.165, 1.54) is 25.9 Å². The summed E-state index contributed by atoms with van der Waals surface area (Å²) in [4.78, 5) is 19.0. The molecule has 0 spiro atoms. The van der Waals surface area contributed by atoms with Crippen molar-refractivity contribution in [3.8, 4) is 39.5 Å². The Kier molecular flexibility index (Phi) is 5.93. The number of rotatable bonds is 7. The summed E-state index contributed by atoms with van der Waals surface area (Å²) in [6.45, 7) is 4.04. The van der Waals surface area contributed by atoms with Crippen molar-refractivity contribution in [1.82, 2.24) is 9.88 Å². The van der Waals surface area contributed by atoms with Gasteiger partial charge >= 0.3 is 0 Å². The molecule has 5 nitrogen and oxygen atoms in total. The predicted octanol–water partition coefficient (Wildman–Crippen LogP) is 6.28. The van der Waals surface area contributed by atoms with Gasteiger partial charge in [-0.1, -0.05) is 12.1 Å². The standard InChI is InChI=1S/C30H28N2O3/c33-28-10-7-21-3-4-24(19-26(21)28)27-20-29(35-30(27)23-11-13-31-14-12-23)22-5-8-25(9-6-22)34-18-17-32-15-1-2-16-32/h3-6,8-9,11-14,19-20H,1-2,7,10,15-18H2. The molecule has 0 radical (unpaired) electrons. The number of carbonyl (C=O) groups excluding carboxylic acids is 1. The zero-order valence-electron chi connectivity index (χ0n) is 19.7. The maximum absolute atomic E-state index is 12.4. The average Bonchev–Trinajstić information content (AvgIpc) is 3.66. The van der Waals surface area contributed by atoms with Crippen LogP contribution in [0.3, 0.4) is 0 Å². The molecular formula is C30H28N2O3. The highest BCUT2D eigenvalue weighted by Crippen LogP contribution is 2.40. The van der Waals surface area contributed by atoms with Crippen LogP contribution in [0.2, 0.25) is 0 Å². The fraction of sp³-hybridized carbons (Fsp3) is 0.267. The van der Waals surface area contributed by atoms with E-state index in [0.717, 1.165) is 63.6 Å². The lowest BCUT2D eigenvalue weighted by atomic mass is 9.98. The maximum atomic E-state index is 12.4. The molecule has 176 valence electrons. The van der Waals surface area contributed by atoms with Crippen LogP contribution < -0.4 is 4.74 Å². The van der Waals surface area contributed by atoms with Crippen LogP contribution in [0.4, 0.5) is 0 Å².